The summed E-state index contributed by atoms with van der Waals surface area (Å²) in [5.41, 5.74) is 3.64. The van der Waals surface area contributed by atoms with Crippen LogP contribution >= 0.6 is 11.6 Å². The minimum Gasteiger partial charge on any atom is -0.489 e. The maximum Gasteiger partial charge on any atom is 0.160 e. The van der Waals surface area contributed by atoms with E-state index < -0.39 is 0 Å². The van der Waals surface area contributed by atoms with Crippen LogP contribution in [0.15, 0.2) is 84.9 Å². The van der Waals surface area contributed by atoms with Crippen molar-refractivity contribution in [3.63, 3.8) is 0 Å². The second kappa shape index (κ2) is 7.87. The highest BCUT2D eigenvalue weighted by Gasteiger charge is 2.14. The summed E-state index contributed by atoms with van der Waals surface area (Å²) in [6.45, 7) is 2.10. The fraction of sp³-hybridized carbons (Fsp3) is 0.0800. The van der Waals surface area contributed by atoms with Crippen molar-refractivity contribution in [2.24, 2.45) is 0 Å². The fourth-order valence-electron chi connectivity index (χ4n) is 3.39. The first-order valence-corrected chi connectivity index (χ1v) is 9.50. The van der Waals surface area contributed by atoms with Gasteiger partial charge in [-0.15, -0.1) is 0 Å². The van der Waals surface area contributed by atoms with Gasteiger partial charge in [0, 0.05) is 16.1 Å². The Morgan fingerprint density at radius 3 is 2.46 bits per heavy atom. The van der Waals surface area contributed by atoms with E-state index in [0.29, 0.717) is 17.2 Å². The summed E-state index contributed by atoms with van der Waals surface area (Å²) in [7, 11) is 0. The van der Waals surface area contributed by atoms with Gasteiger partial charge in [0.1, 0.15) is 12.4 Å². The van der Waals surface area contributed by atoms with Gasteiger partial charge < -0.3 is 4.74 Å². The minimum absolute atomic E-state index is 0.0290. The number of benzene rings is 4. The summed E-state index contributed by atoms with van der Waals surface area (Å²) in [6.07, 6.45) is 0. The van der Waals surface area contributed by atoms with Crippen molar-refractivity contribution in [3.8, 4) is 16.9 Å². The molecule has 0 saturated carbocycles. The Kier molecular flexibility index (Phi) is 5.14. The number of carbonyl (C=O) groups excluding carboxylic acids is 1. The first-order chi connectivity index (χ1) is 13.6. The molecule has 0 bridgehead atoms. The molecule has 0 radical (unpaired) electrons. The van der Waals surface area contributed by atoms with Crippen LogP contribution in [0.3, 0.4) is 0 Å². The molecule has 3 heteroatoms. The lowest BCUT2D eigenvalue weighted by atomic mass is 9.91. The molecule has 0 heterocycles. The molecule has 0 aliphatic carbocycles. The van der Waals surface area contributed by atoms with Crippen molar-refractivity contribution < 1.29 is 9.53 Å². The zero-order valence-electron chi connectivity index (χ0n) is 15.5. The highest BCUT2D eigenvalue weighted by Crippen LogP contribution is 2.35. The Morgan fingerprint density at radius 2 is 1.71 bits per heavy atom. The second-order valence-electron chi connectivity index (χ2n) is 6.71. The maximum absolute atomic E-state index is 12.2. The van der Waals surface area contributed by atoms with Crippen LogP contribution < -0.4 is 4.74 Å². The van der Waals surface area contributed by atoms with Crippen LogP contribution in [-0.4, -0.2) is 5.78 Å². The molecule has 0 aromatic heterocycles. The van der Waals surface area contributed by atoms with Crippen LogP contribution in [-0.2, 0) is 6.61 Å². The van der Waals surface area contributed by atoms with Crippen molar-refractivity contribution >= 4 is 28.2 Å². The molecule has 0 saturated heterocycles. The standard InChI is InChI=1S/C25H19ClO2/c1-17(27)23-12-10-19-15-22(28-16-18-6-3-2-4-7-18)11-13-24(19)25(23)20-8-5-9-21(26)14-20/h2-15H,16H2,1H3. The Hall–Kier alpha value is -3.10. The van der Waals surface area contributed by atoms with Crippen LogP contribution in [0.25, 0.3) is 21.9 Å². The molecule has 0 N–H and O–H groups in total. The number of carbonyl (C=O) groups is 1. The molecule has 0 amide bonds. The molecule has 138 valence electrons. The number of Topliss-reactive ketones (excluding diaryl/α,β-unsaturated/α-hetero) is 1. The van der Waals surface area contributed by atoms with E-state index >= 15 is 0 Å². The molecule has 0 unspecified atom stereocenters. The third-order valence-electron chi connectivity index (χ3n) is 4.73. The van der Waals surface area contributed by atoms with Gasteiger partial charge in [-0.2, -0.15) is 0 Å². The van der Waals surface area contributed by atoms with Crippen molar-refractivity contribution in [2.75, 3.05) is 0 Å². The van der Waals surface area contributed by atoms with Crippen molar-refractivity contribution in [3.05, 3.63) is 101 Å². The van der Waals surface area contributed by atoms with E-state index in [4.69, 9.17) is 16.3 Å². The zero-order valence-corrected chi connectivity index (χ0v) is 16.2. The predicted molar refractivity (Wildman–Crippen MR) is 115 cm³/mol. The topological polar surface area (TPSA) is 26.3 Å². The van der Waals surface area contributed by atoms with Gasteiger partial charge in [0.2, 0.25) is 0 Å². The first-order valence-electron chi connectivity index (χ1n) is 9.12. The third kappa shape index (κ3) is 3.78. The lowest BCUT2D eigenvalue weighted by molar-refractivity contribution is 0.101. The third-order valence-corrected chi connectivity index (χ3v) is 4.97. The van der Waals surface area contributed by atoms with Gasteiger partial charge in [0.25, 0.3) is 0 Å². The largest absolute Gasteiger partial charge is 0.489 e. The van der Waals surface area contributed by atoms with Gasteiger partial charge in [-0.05, 0) is 53.1 Å². The number of ketones is 1. The van der Waals surface area contributed by atoms with Gasteiger partial charge in [-0.25, -0.2) is 0 Å². The number of fused-ring (bicyclic) bond motifs is 1. The Morgan fingerprint density at radius 1 is 0.893 bits per heavy atom. The van der Waals surface area contributed by atoms with Crippen LogP contribution in [0.5, 0.6) is 5.75 Å². The summed E-state index contributed by atoms with van der Waals surface area (Å²) in [6, 6.07) is 27.5. The molecule has 0 fully saturated rings. The predicted octanol–water partition coefficient (Wildman–Crippen LogP) is 6.94. The van der Waals surface area contributed by atoms with E-state index in [2.05, 4.69) is 0 Å². The van der Waals surface area contributed by atoms with Crippen molar-refractivity contribution in [1.82, 2.24) is 0 Å². The quantitative estimate of drug-likeness (QED) is 0.347. The minimum atomic E-state index is 0.0290. The molecule has 4 rings (SSSR count). The van der Waals surface area contributed by atoms with E-state index in [1.54, 1.807) is 6.92 Å². The molecule has 2 nitrogen and oxygen atoms in total. The van der Waals surface area contributed by atoms with Crippen molar-refractivity contribution in [2.45, 2.75) is 13.5 Å². The van der Waals surface area contributed by atoms with Crippen LogP contribution in [0.4, 0.5) is 0 Å². The van der Waals surface area contributed by atoms with Crippen LogP contribution in [0.2, 0.25) is 5.02 Å². The molecule has 0 aliphatic heterocycles. The molecule has 4 aromatic carbocycles. The van der Waals surface area contributed by atoms with Gasteiger partial charge in [0.15, 0.2) is 5.78 Å². The molecule has 0 aliphatic rings. The Bertz CT molecular complexity index is 1150. The normalized spacial score (nSPS) is 10.8. The molecular weight excluding hydrogens is 368 g/mol. The smallest absolute Gasteiger partial charge is 0.160 e. The van der Waals surface area contributed by atoms with Crippen LogP contribution in [0, 0.1) is 0 Å². The lowest BCUT2D eigenvalue weighted by Gasteiger charge is -2.14. The lowest BCUT2D eigenvalue weighted by Crippen LogP contribution is -1.98. The first kappa shape index (κ1) is 18.3. The maximum atomic E-state index is 12.2. The van der Waals surface area contributed by atoms with Gasteiger partial charge in [-0.1, -0.05) is 72.3 Å². The fourth-order valence-corrected chi connectivity index (χ4v) is 3.58. The second-order valence-corrected chi connectivity index (χ2v) is 7.15. The highest BCUT2D eigenvalue weighted by molar-refractivity contribution is 6.31. The zero-order chi connectivity index (χ0) is 19.5. The SMILES string of the molecule is CC(=O)c1ccc2cc(OCc3ccccc3)ccc2c1-c1cccc(Cl)c1. The number of rotatable bonds is 5. The van der Waals surface area contributed by atoms with Gasteiger partial charge >= 0.3 is 0 Å². The van der Waals surface area contributed by atoms with E-state index in [9.17, 15) is 4.79 Å². The summed E-state index contributed by atoms with van der Waals surface area (Å²) >= 11 is 6.20. The van der Waals surface area contributed by atoms with Crippen molar-refractivity contribution in [1.29, 1.82) is 0 Å². The average molecular weight is 387 g/mol. The summed E-state index contributed by atoms with van der Waals surface area (Å²) < 4.78 is 5.95. The summed E-state index contributed by atoms with van der Waals surface area (Å²) in [5.74, 6) is 0.824. The molecule has 0 atom stereocenters. The molecule has 28 heavy (non-hydrogen) atoms. The van der Waals surface area contributed by atoms with E-state index in [1.807, 2.05) is 84.9 Å². The molecule has 4 aromatic rings. The van der Waals surface area contributed by atoms with Gasteiger partial charge in [0.05, 0.1) is 0 Å². The summed E-state index contributed by atoms with van der Waals surface area (Å²) in [5, 5.41) is 2.67. The van der Waals surface area contributed by atoms with Crippen LogP contribution in [0.1, 0.15) is 22.8 Å². The number of hydrogen-bond acceptors (Lipinski definition) is 2. The monoisotopic (exact) mass is 386 g/mol. The number of halogens is 1. The van der Waals surface area contributed by atoms with E-state index in [-0.39, 0.29) is 5.78 Å². The molecule has 0 spiro atoms. The molecular formula is C25H19ClO2. The number of hydrogen-bond donors (Lipinski definition) is 0. The Balaban J connectivity index is 1.76. The Labute approximate surface area is 169 Å². The summed E-state index contributed by atoms with van der Waals surface area (Å²) in [4.78, 5) is 12.2. The average Bonchev–Trinajstić information content (AvgIpc) is 2.72. The van der Waals surface area contributed by atoms with Gasteiger partial charge in [-0.3, -0.25) is 4.79 Å². The van der Waals surface area contributed by atoms with E-state index in [0.717, 1.165) is 33.2 Å². The highest BCUT2D eigenvalue weighted by atomic mass is 35.5. The van der Waals surface area contributed by atoms with E-state index in [1.165, 1.54) is 0 Å². The number of ether oxygens (including phenoxy) is 1.